The number of hydrogen-bond acceptors (Lipinski definition) is 2. The number of rotatable bonds is 11. The van der Waals surface area contributed by atoms with Crippen molar-refractivity contribution in [3.05, 3.63) is 0 Å². The van der Waals surface area contributed by atoms with Gasteiger partial charge in [0, 0.05) is 13.0 Å². The molecule has 120 valence electrons. The molecule has 1 unspecified atom stereocenters. The Bertz CT molecular complexity index is 261. The molecule has 0 aromatic carbocycles. The van der Waals surface area contributed by atoms with Gasteiger partial charge in [0.05, 0.1) is 26.1 Å². The Kier molecular flexibility index (Phi) is 11.5. The quantitative estimate of drug-likeness (QED) is 0.439. The Labute approximate surface area is 130 Å². The van der Waals surface area contributed by atoms with Crippen molar-refractivity contribution in [3.63, 3.8) is 0 Å². The van der Waals surface area contributed by atoms with Crippen LogP contribution in [0.15, 0.2) is 0 Å². The van der Waals surface area contributed by atoms with Gasteiger partial charge in [0.25, 0.3) is 0 Å². The summed E-state index contributed by atoms with van der Waals surface area (Å²) in [6, 6.07) is 0. The van der Waals surface area contributed by atoms with E-state index in [1.165, 1.54) is 44.9 Å². The second-order valence-electron chi connectivity index (χ2n) is 5.96. The Balaban J connectivity index is 0.00000361. The van der Waals surface area contributed by atoms with Gasteiger partial charge < -0.3 is 17.5 Å². The zero-order valence-electron chi connectivity index (χ0n) is 13.1. The summed E-state index contributed by atoms with van der Waals surface area (Å²) in [4.78, 5) is 11.9. The van der Waals surface area contributed by atoms with Crippen molar-refractivity contribution in [1.29, 1.82) is 0 Å². The average Bonchev–Trinajstić information content (AvgIpc) is 2.79. The molecule has 4 heteroatoms. The van der Waals surface area contributed by atoms with Crippen LogP contribution in [0.25, 0.3) is 0 Å². The van der Waals surface area contributed by atoms with Crippen LogP contribution >= 0.6 is 0 Å². The fraction of sp³-hybridized carbons (Fsp3) is 0.938. The second-order valence-corrected chi connectivity index (χ2v) is 5.96. The molecule has 1 aliphatic rings. The number of nitrogens with zero attached hydrogens (tertiary/aromatic N) is 1. The number of carbonyl (C=O) groups is 1. The van der Waals surface area contributed by atoms with E-state index in [9.17, 15) is 4.79 Å². The summed E-state index contributed by atoms with van der Waals surface area (Å²) in [6.45, 7) is 5.63. The molecule has 1 saturated heterocycles. The van der Waals surface area contributed by atoms with E-state index in [0.29, 0.717) is 12.5 Å². The van der Waals surface area contributed by atoms with Crippen LogP contribution in [0.4, 0.5) is 0 Å². The number of aliphatic hydroxyl groups excluding tert-OH is 1. The monoisotopic (exact) mass is 305 g/mol. The molecule has 3 nitrogen and oxygen atoms in total. The highest BCUT2D eigenvalue weighted by atomic mass is 35.5. The summed E-state index contributed by atoms with van der Waals surface area (Å²) in [5, 5.41) is 8.68. The van der Waals surface area contributed by atoms with E-state index in [1.807, 2.05) is 0 Å². The summed E-state index contributed by atoms with van der Waals surface area (Å²) in [7, 11) is 0. The molecule has 0 aliphatic carbocycles. The standard InChI is InChI=1S/C16H32NO2.ClH/c1-2-17(14-11-12-16(17)19)13-9-7-5-3-4-6-8-10-15-18;/h18H,2-15H2,1H3;1H/q+1;/p-1. The highest BCUT2D eigenvalue weighted by Crippen LogP contribution is 2.22. The second kappa shape index (κ2) is 11.5. The lowest BCUT2D eigenvalue weighted by Gasteiger charge is -2.30. The first-order valence-electron chi connectivity index (χ1n) is 8.25. The summed E-state index contributed by atoms with van der Waals surface area (Å²) < 4.78 is 0.760. The Hall–Kier alpha value is -0.120. The molecule has 0 aromatic heterocycles. The highest BCUT2D eigenvalue weighted by molar-refractivity contribution is 5.70. The van der Waals surface area contributed by atoms with E-state index in [2.05, 4.69) is 6.92 Å². The molecule has 1 fully saturated rings. The van der Waals surface area contributed by atoms with Gasteiger partial charge in [0.15, 0.2) is 0 Å². The molecule has 1 aliphatic heterocycles. The van der Waals surface area contributed by atoms with Gasteiger partial charge >= 0.3 is 5.91 Å². The maximum Gasteiger partial charge on any atom is 0.313 e. The summed E-state index contributed by atoms with van der Waals surface area (Å²) in [5.74, 6) is 0.478. The van der Waals surface area contributed by atoms with Crippen LogP contribution in [0.2, 0.25) is 0 Å². The van der Waals surface area contributed by atoms with Crippen LogP contribution in [0.3, 0.4) is 0 Å². The first-order valence-corrected chi connectivity index (χ1v) is 8.25. The van der Waals surface area contributed by atoms with E-state index >= 15 is 0 Å². The van der Waals surface area contributed by atoms with Crippen LogP contribution in [0.1, 0.15) is 71.1 Å². The van der Waals surface area contributed by atoms with Gasteiger partial charge in [-0.2, -0.15) is 0 Å². The predicted octanol–water partition coefficient (Wildman–Crippen LogP) is 0.261. The van der Waals surface area contributed by atoms with Crippen LogP contribution < -0.4 is 12.4 Å². The van der Waals surface area contributed by atoms with Crippen molar-refractivity contribution in [2.45, 2.75) is 71.1 Å². The fourth-order valence-corrected chi connectivity index (χ4v) is 3.21. The molecular formula is C16H32ClNO2. The number of carbonyl (C=O) groups excluding carboxylic acids is 1. The minimum Gasteiger partial charge on any atom is -1.00 e. The third kappa shape index (κ3) is 6.55. The van der Waals surface area contributed by atoms with E-state index in [4.69, 9.17) is 5.11 Å². The summed E-state index contributed by atoms with van der Waals surface area (Å²) in [6.07, 6.45) is 11.7. The Morgan fingerprint density at radius 2 is 1.55 bits per heavy atom. The number of hydrogen-bond donors (Lipinski definition) is 1. The van der Waals surface area contributed by atoms with Gasteiger partial charge in [-0.05, 0) is 26.2 Å². The number of amides is 1. The number of halogens is 1. The molecule has 0 spiro atoms. The first-order chi connectivity index (χ1) is 9.25. The Morgan fingerprint density at radius 1 is 1.00 bits per heavy atom. The summed E-state index contributed by atoms with van der Waals surface area (Å²) in [5.41, 5.74) is 0. The largest absolute Gasteiger partial charge is 1.00 e. The Morgan fingerprint density at radius 3 is 2.00 bits per heavy atom. The molecule has 0 bridgehead atoms. The minimum atomic E-state index is 0. The average molecular weight is 306 g/mol. The molecule has 1 rings (SSSR count). The lowest BCUT2D eigenvalue weighted by molar-refractivity contribution is -0.845. The van der Waals surface area contributed by atoms with Crippen LogP contribution in [0.5, 0.6) is 0 Å². The smallest absolute Gasteiger partial charge is 0.313 e. The third-order valence-corrected chi connectivity index (χ3v) is 4.61. The van der Waals surface area contributed by atoms with Crippen molar-refractivity contribution in [1.82, 2.24) is 0 Å². The minimum absolute atomic E-state index is 0. The molecule has 0 aromatic rings. The topological polar surface area (TPSA) is 37.3 Å². The number of unbranched alkanes of at least 4 members (excludes halogenated alkanes) is 7. The van der Waals surface area contributed by atoms with Crippen molar-refractivity contribution < 1.29 is 26.8 Å². The van der Waals surface area contributed by atoms with Crippen LogP contribution in [0, 0.1) is 0 Å². The third-order valence-electron chi connectivity index (χ3n) is 4.61. The van der Waals surface area contributed by atoms with Crippen molar-refractivity contribution >= 4 is 5.91 Å². The van der Waals surface area contributed by atoms with Gasteiger partial charge in [-0.15, -0.1) is 0 Å². The molecular weight excluding hydrogens is 274 g/mol. The van der Waals surface area contributed by atoms with Gasteiger partial charge in [-0.25, -0.2) is 4.79 Å². The molecule has 1 heterocycles. The molecule has 1 amide bonds. The maximum absolute atomic E-state index is 11.9. The first kappa shape index (κ1) is 19.9. The number of likely N-dealkylation sites (tertiary alicyclic amines) is 1. The maximum atomic E-state index is 11.9. The van der Waals surface area contributed by atoms with Gasteiger partial charge in [-0.1, -0.05) is 32.1 Å². The molecule has 0 saturated carbocycles. The summed E-state index contributed by atoms with van der Waals surface area (Å²) >= 11 is 0. The van der Waals surface area contributed by atoms with E-state index in [0.717, 1.165) is 43.4 Å². The molecule has 1 atom stereocenters. The molecule has 1 N–H and O–H groups in total. The van der Waals surface area contributed by atoms with Crippen molar-refractivity contribution in [2.75, 3.05) is 26.2 Å². The van der Waals surface area contributed by atoms with E-state index < -0.39 is 0 Å². The lowest BCUT2D eigenvalue weighted by Crippen LogP contribution is -3.00. The van der Waals surface area contributed by atoms with Crippen molar-refractivity contribution in [2.24, 2.45) is 0 Å². The predicted molar refractivity (Wildman–Crippen MR) is 78.8 cm³/mol. The van der Waals surface area contributed by atoms with E-state index in [-0.39, 0.29) is 12.4 Å². The normalized spacial score (nSPS) is 22.0. The zero-order valence-corrected chi connectivity index (χ0v) is 13.8. The van der Waals surface area contributed by atoms with E-state index in [1.54, 1.807) is 0 Å². The van der Waals surface area contributed by atoms with Gasteiger partial charge in [0.2, 0.25) is 0 Å². The fourth-order valence-electron chi connectivity index (χ4n) is 3.21. The molecule has 0 radical (unpaired) electrons. The van der Waals surface area contributed by atoms with Gasteiger partial charge in [-0.3, -0.25) is 4.48 Å². The SMILES string of the molecule is CC[N+]1(CCCCCCCCCCO)CCCC1=O.[Cl-]. The lowest BCUT2D eigenvalue weighted by atomic mass is 10.1. The number of quaternary nitrogens is 1. The zero-order chi connectivity index (χ0) is 14.0. The molecule has 20 heavy (non-hydrogen) atoms. The van der Waals surface area contributed by atoms with Crippen LogP contribution in [-0.2, 0) is 4.79 Å². The van der Waals surface area contributed by atoms with Crippen LogP contribution in [-0.4, -0.2) is 41.7 Å². The van der Waals surface area contributed by atoms with Crippen molar-refractivity contribution in [3.8, 4) is 0 Å². The van der Waals surface area contributed by atoms with Gasteiger partial charge in [0.1, 0.15) is 0 Å². The number of aliphatic hydroxyl groups is 1. The highest BCUT2D eigenvalue weighted by Gasteiger charge is 2.38.